The van der Waals surface area contributed by atoms with Crippen molar-refractivity contribution >= 4 is 17.6 Å². The van der Waals surface area contributed by atoms with Crippen molar-refractivity contribution in [2.45, 2.75) is 32.7 Å². The zero-order chi connectivity index (χ0) is 13.7. The van der Waals surface area contributed by atoms with Crippen LogP contribution in [0.15, 0.2) is 18.2 Å². The summed E-state index contributed by atoms with van der Waals surface area (Å²) in [5.41, 5.74) is 8.39. The van der Waals surface area contributed by atoms with Crippen molar-refractivity contribution in [1.29, 1.82) is 0 Å². The number of rotatable bonds is 5. The van der Waals surface area contributed by atoms with E-state index in [1.807, 2.05) is 32.0 Å². The molecule has 1 amide bonds. The Balaban J connectivity index is 2.60. The summed E-state index contributed by atoms with van der Waals surface area (Å²) in [6, 6.07) is 4.88. The molecule has 1 atom stereocenters. The van der Waals surface area contributed by atoms with E-state index in [4.69, 9.17) is 10.8 Å². The Morgan fingerprint density at radius 2 is 1.83 bits per heavy atom. The zero-order valence-corrected chi connectivity index (χ0v) is 10.6. The molecule has 0 bridgehead atoms. The van der Waals surface area contributed by atoms with Crippen LogP contribution in [0, 0.1) is 13.8 Å². The van der Waals surface area contributed by atoms with Crippen LogP contribution >= 0.6 is 0 Å². The Bertz CT molecular complexity index is 437. The number of nitrogens with two attached hydrogens (primary N) is 1. The maximum atomic E-state index is 11.7. The maximum absolute atomic E-state index is 11.7. The minimum absolute atomic E-state index is 0.110. The van der Waals surface area contributed by atoms with Gasteiger partial charge in [-0.2, -0.15) is 0 Å². The van der Waals surface area contributed by atoms with Gasteiger partial charge in [-0.05, 0) is 43.5 Å². The highest BCUT2D eigenvalue weighted by molar-refractivity contribution is 5.95. The van der Waals surface area contributed by atoms with Crippen LogP contribution in [0.5, 0.6) is 0 Å². The van der Waals surface area contributed by atoms with Crippen molar-refractivity contribution in [1.82, 2.24) is 0 Å². The average molecular weight is 250 g/mol. The van der Waals surface area contributed by atoms with Crippen molar-refractivity contribution < 1.29 is 14.7 Å². The molecule has 5 nitrogen and oxygen atoms in total. The molecule has 0 aliphatic rings. The molecule has 1 rings (SSSR count). The number of aryl methyl sites for hydroxylation is 2. The number of hydrogen-bond acceptors (Lipinski definition) is 3. The third-order valence-electron chi connectivity index (χ3n) is 2.50. The molecule has 0 saturated carbocycles. The summed E-state index contributed by atoms with van der Waals surface area (Å²) in [6.45, 7) is 3.88. The fraction of sp³-hybridized carbons (Fsp3) is 0.385. The van der Waals surface area contributed by atoms with Gasteiger partial charge in [0, 0.05) is 12.1 Å². The van der Waals surface area contributed by atoms with Crippen LogP contribution in [-0.2, 0) is 9.59 Å². The first kappa shape index (κ1) is 14.2. The minimum atomic E-state index is -0.954. The lowest BCUT2D eigenvalue weighted by Gasteiger charge is -2.12. The molecule has 5 heteroatoms. The molecule has 0 aromatic heterocycles. The molecular weight excluding hydrogens is 232 g/mol. The van der Waals surface area contributed by atoms with Crippen LogP contribution in [0.3, 0.4) is 0 Å². The van der Waals surface area contributed by atoms with Gasteiger partial charge < -0.3 is 16.2 Å². The largest absolute Gasteiger partial charge is 0.481 e. The number of carboxylic acid groups (broad SMARTS) is 1. The molecule has 1 aromatic carbocycles. The first-order chi connectivity index (χ1) is 8.38. The fourth-order valence-corrected chi connectivity index (χ4v) is 1.69. The van der Waals surface area contributed by atoms with Crippen LogP contribution in [0.2, 0.25) is 0 Å². The summed E-state index contributed by atoms with van der Waals surface area (Å²) in [7, 11) is 0. The highest BCUT2D eigenvalue weighted by atomic mass is 16.4. The number of hydrogen-bond donors (Lipinski definition) is 3. The molecule has 1 aromatic rings. The van der Waals surface area contributed by atoms with Crippen molar-refractivity contribution in [3.8, 4) is 0 Å². The van der Waals surface area contributed by atoms with Gasteiger partial charge in [-0.15, -0.1) is 0 Å². The van der Waals surface area contributed by atoms with E-state index in [9.17, 15) is 9.59 Å². The SMILES string of the molecule is Cc1cc(C)cc(NC(=O)C(N)CCC(=O)O)c1. The Morgan fingerprint density at radius 1 is 1.28 bits per heavy atom. The second-order valence-corrected chi connectivity index (χ2v) is 4.40. The highest BCUT2D eigenvalue weighted by Crippen LogP contribution is 2.14. The quantitative estimate of drug-likeness (QED) is 0.737. The van der Waals surface area contributed by atoms with Crippen LogP contribution < -0.4 is 11.1 Å². The summed E-state index contributed by atoms with van der Waals surface area (Å²) >= 11 is 0. The molecule has 18 heavy (non-hydrogen) atoms. The van der Waals surface area contributed by atoms with E-state index in [1.54, 1.807) is 0 Å². The zero-order valence-electron chi connectivity index (χ0n) is 10.6. The van der Waals surface area contributed by atoms with Crippen molar-refractivity contribution in [2.75, 3.05) is 5.32 Å². The van der Waals surface area contributed by atoms with E-state index >= 15 is 0 Å². The number of aliphatic carboxylic acids is 1. The molecule has 0 aliphatic carbocycles. The van der Waals surface area contributed by atoms with Gasteiger partial charge in [-0.3, -0.25) is 9.59 Å². The number of anilines is 1. The van der Waals surface area contributed by atoms with Gasteiger partial charge in [-0.25, -0.2) is 0 Å². The molecule has 0 radical (unpaired) electrons. The van der Waals surface area contributed by atoms with Gasteiger partial charge in [0.1, 0.15) is 0 Å². The highest BCUT2D eigenvalue weighted by Gasteiger charge is 2.15. The molecular formula is C13H18N2O3. The van der Waals surface area contributed by atoms with E-state index in [2.05, 4.69) is 5.32 Å². The average Bonchev–Trinajstić information content (AvgIpc) is 2.24. The van der Waals surface area contributed by atoms with Gasteiger partial charge in [0.05, 0.1) is 6.04 Å². The number of carbonyl (C=O) groups is 2. The number of carboxylic acids is 1. The normalized spacial score (nSPS) is 11.9. The third-order valence-corrected chi connectivity index (χ3v) is 2.50. The summed E-state index contributed by atoms with van der Waals surface area (Å²) in [4.78, 5) is 22.1. The number of amides is 1. The predicted octanol–water partition coefficient (Wildman–Crippen LogP) is 1.43. The van der Waals surface area contributed by atoms with E-state index in [1.165, 1.54) is 0 Å². The fourth-order valence-electron chi connectivity index (χ4n) is 1.69. The summed E-state index contributed by atoms with van der Waals surface area (Å²) in [5.74, 6) is -1.31. The van der Waals surface area contributed by atoms with Crippen LogP contribution in [-0.4, -0.2) is 23.0 Å². The molecule has 0 saturated heterocycles. The second kappa shape index (κ2) is 6.16. The Kier molecular flexibility index (Phi) is 4.85. The summed E-state index contributed by atoms with van der Waals surface area (Å²) in [5, 5.41) is 11.2. The maximum Gasteiger partial charge on any atom is 0.303 e. The molecule has 98 valence electrons. The van der Waals surface area contributed by atoms with E-state index in [0.29, 0.717) is 5.69 Å². The van der Waals surface area contributed by atoms with Gasteiger partial charge in [-0.1, -0.05) is 6.07 Å². The van der Waals surface area contributed by atoms with Crippen LogP contribution in [0.1, 0.15) is 24.0 Å². The Labute approximate surface area is 106 Å². The van der Waals surface area contributed by atoms with Crippen LogP contribution in [0.25, 0.3) is 0 Å². The molecule has 0 heterocycles. The van der Waals surface area contributed by atoms with Crippen molar-refractivity contribution in [3.63, 3.8) is 0 Å². The number of carbonyl (C=O) groups excluding carboxylic acids is 1. The molecule has 0 spiro atoms. The minimum Gasteiger partial charge on any atom is -0.481 e. The molecule has 4 N–H and O–H groups in total. The van der Waals surface area contributed by atoms with Crippen LogP contribution in [0.4, 0.5) is 5.69 Å². The molecule has 1 unspecified atom stereocenters. The van der Waals surface area contributed by atoms with Gasteiger partial charge in [0.15, 0.2) is 0 Å². The van der Waals surface area contributed by atoms with Gasteiger partial charge in [0.2, 0.25) is 5.91 Å². The number of benzene rings is 1. The number of nitrogens with one attached hydrogen (secondary N) is 1. The summed E-state index contributed by atoms with van der Waals surface area (Å²) < 4.78 is 0. The molecule has 0 fully saturated rings. The third kappa shape index (κ3) is 4.55. The van der Waals surface area contributed by atoms with Gasteiger partial charge in [0.25, 0.3) is 0 Å². The lowest BCUT2D eigenvalue weighted by Crippen LogP contribution is -2.36. The molecule has 0 aliphatic heterocycles. The lowest BCUT2D eigenvalue weighted by molar-refractivity contribution is -0.137. The van der Waals surface area contributed by atoms with Gasteiger partial charge >= 0.3 is 5.97 Å². The van der Waals surface area contributed by atoms with E-state index in [-0.39, 0.29) is 18.7 Å². The second-order valence-electron chi connectivity index (χ2n) is 4.40. The smallest absolute Gasteiger partial charge is 0.303 e. The first-order valence-electron chi connectivity index (χ1n) is 5.75. The Morgan fingerprint density at radius 3 is 2.33 bits per heavy atom. The van der Waals surface area contributed by atoms with E-state index < -0.39 is 12.0 Å². The Hall–Kier alpha value is -1.88. The lowest BCUT2D eigenvalue weighted by atomic mass is 10.1. The predicted molar refractivity (Wildman–Crippen MR) is 69.4 cm³/mol. The topological polar surface area (TPSA) is 92.4 Å². The van der Waals surface area contributed by atoms with E-state index in [0.717, 1.165) is 11.1 Å². The summed E-state index contributed by atoms with van der Waals surface area (Å²) in [6.07, 6.45) is 0.0212. The van der Waals surface area contributed by atoms with Crippen molar-refractivity contribution in [2.24, 2.45) is 5.73 Å². The monoisotopic (exact) mass is 250 g/mol. The van der Waals surface area contributed by atoms with Crippen molar-refractivity contribution in [3.05, 3.63) is 29.3 Å². The first-order valence-corrected chi connectivity index (χ1v) is 5.75. The standard InChI is InChI=1S/C13H18N2O3/c1-8-5-9(2)7-10(6-8)15-13(18)11(14)3-4-12(16)17/h5-7,11H,3-4,14H2,1-2H3,(H,15,18)(H,16,17).